The predicted molar refractivity (Wildman–Crippen MR) is 132 cm³/mol. The molecule has 2 rings (SSSR count). The van der Waals surface area contributed by atoms with Gasteiger partial charge in [-0.15, -0.1) is 0 Å². The van der Waals surface area contributed by atoms with Gasteiger partial charge in [0.05, 0.1) is 0 Å². The Kier molecular flexibility index (Phi) is 9.59. The minimum atomic E-state index is -0.100. The number of allylic oxidation sites excluding steroid dienone is 8. The Morgan fingerprint density at radius 2 is 1.93 bits per heavy atom. The Labute approximate surface area is 184 Å². The van der Waals surface area contributed by atoms with Gasteiger partial charge in [0.15, 0.2) is 0 Å². The van der Waals surface area contributed by atoms with E-state index in [0.717, 1.165) is 49.7 Å². The van der Waals surface area contributed by atoms with E-state index in [-0.39, 0.29) is 12.0 Å². The molecule has 0 radical (unpaired) electrons. The van der Waals surface area contributed by atoms with Gasteiger partial charge < -0.3 is 5.11 Å². The fraction of sp³-hybridized carbons (Fsp3) is 0.448. The minimum Gasteiger partial charge on any atom is -0.396 e. The van der Waals surface area contributed by atoms with Crippen LogP contribution in [-0.4, -0.2) is 11.7 Å². The second-order valence-corrected chi connectivity index (χ2v) is 8.94. The molecule has 0 heterocycles. The highest BCUT2D eigenvalue weighted by Gasteiger charge is 2.37. The second kappa shape index (κ2) is 11.9. The van der Waals surface area contributed by atoms with Gasteiger partial charge in [0, 0.05) is 12.0 Å². The average molecular weight is 405 g/mol. The monoisotopic (exact) mass is 404 g/mol. The van der Waals surface area contributed by atoms with Crippen molar-refractivity contribution in [3.63, 3.8) is 0 Å². The zero-order valence-electron chi connectivity index (χ0n) is 19.2. The van der Waals surface area contributed by atoms with Crippen molar-refractivity contribution in [1.82, 2.24) is 0 Å². The molecular formula is C29H40O. The first kappa shape index (κ1) is 24.2. The molecule has 1 aliphatic rings. The second-order valence-electron chi connectivity index (χ2n) is 8.94. The molecule has 0 bridgehead atoms. The topological polar surface area (TPSA) is 20.2 Å². The summed E-state index contributed by atoms with van der Waals surface area (Å²) in [6, 6.07) is 10.9. The maximum Gasteiger partial charge on any atom is 0.0433 e. The quantitative estimate of drug-likeness (QED) is 0.470. The van der Waals surface area contributed by atoms with Crippen LogP contribution in [0.4, 0.5) is 0 Å². The van der Waals surface area contributed by atoms with Crippen LogP contribution in [-0.2, 0) is 5.41 Å². The zero-order valence-corrected chi connectivity index (χ0v) is 19.2. The van der Waals surface area contributed by atoms with Gasteiger partial charge in [0.2, 0.25) is 0 Å². The molecule has 1 aromatic carbocycles. The maximum absolute atomic E-state index is 9.29. The van der Waals surface area contributed by atoms with Gasteiger partial charge in [0.1, 0.15) is 0 Å². The molecule has 1 heteroatoms. The van der Waals surface area contributed by atoms with Crippen LogP contribution in [0.3, 0.4) is 0 Å². The van der Waals surface area contributed by atoms with Gasteiger partial charge in [-0.1, -0.05) is 101 Å². The summed E-state index contributed by atoms with van der Waals surface area (Å²) in [6.07, 6.45) is 17.2. The van der Waals surface area contributed by atoms with Crippen molar-refractivity contribution in [3.8, 4) is 0 Å². The molecule has 2 unspecified atom stereocenters. The minimum absolute atomic E-state index is 0.100. The van der Waals surface area contributed by atoms with Gasteiger partial charge in [-0.2, -0.15) is 0 Å². The van der Waals surface area contributed by atoms with Gasteiger partial charge >= 0.3 is 0 Å². The van der Waals surface area contributed by atoms with Crippen LogP contribution in [0.5, 0.6) is 0 Å². The van der Waals surface area contributed by atoms with Crippen molar-refractivity contribution in [2.45, 2.75) is 64.7 Å². The first-order chi connectivity index (χ1) is 14.4. The van der Waals surface area contributed by atoms with E-state index >= 15 is 0 Å². The van der Waals surface area contributed by atoms with Crippen molar-refractivity contribution < 1.29 is 5.11 Å². The highest BCUT2D eigenvalue weighted by atomic mass is 16.3. The summed E-state index contributed by atoms with van der Waals surface area (Å²) in [6.45, 7) is 15.9. The number of aliphatic hydroxyl groups excluding tert-OH is 1. The summed E-state index contributed by atoms with van der Waals surface area (Å²) >= 11 is 0. The van der Waals surface area contributed by atoms with Crippen LogP contribution in [0.15, 0.2) is 90.6 Å². The molecule has 3 atom stereocenters. The molecule has 162 valence electrons. The fourth-order valence-corrected chi connectivity index (χ4v) is 4.56. The molecule has 1 nitrogen and oxygen atoms in total. The van der Waals surface area contributed by atoms with E-state index in [4.69, 9.17) is 6.58 Å². The summed E-state index contributed by atoms with van der Waals surface area (Å²) in [5, 5.41) is 9.29. The van der Waals surface area contributed by atoms with Crippen LogP contribution in [0.25, 0.3) is 0 Å². The third-order valence-electron chi connectivity index (χ3n) is 6.61. The lowest BCUT2D eigenvalue weighted by Gasteiger charge is -2.39. The van der Waals surface area contributed by atoms with Gasteiger partial charge in [0.25, 0.3) is 0 Å². The lowest BCUT2D eigenvalue weighted by Crippen LogP contribution is -2.30. The number of aliphatic hydroxyl groups is 1. The van der Waals surface area contributed by atoms with E-state index in [1.54, 1.807) is 0 Å². The first-order valence-electron chi connectivity index (χ1n) is 11.5. The van der Waals surface area contributed by atoms with Crippen LogP contribution in [0.1, 0.15) is 64.9 Å². The van der Waals surface area contributed by atoms with Crippen LogP contribution in [0, 0.1) is 11.8 Å². The van der Waals surface area contributed by atoms with Crippen molar-refractivity contribution in [3.05, 3.63) is 96.2 Å². The number of hydrogen-bond donors (Lipinski definition) is 1. The van der Waals surface area contributed by atoms with Crippen molar-refractivity contribution in [2.24, 2.45) is 11.8 Å². The van der Waals surface area contributed by atoms with E-state index in [1.807, 2.05) is 6.92 Å². The third-order valence-corrected chi connectivity index (χ3v) is 6.61. The molecule has 0 aliphatic heterocycles. The first-order valence-corrected chi connectivity index (χ1v) is 11.5. The smallest absolute Gasteiger partial charge is 0.0433 e. The summed E-state index contributed by atoms with van der Waals surface area (Å²) < 4.78 is 0. The molecule has 0 fully saturated rings. The largest absolute Gasteiger partial charge is 0.396 e. The molecule has 0 amide bonds. The Morgan fingerprint density at radius 1 is 1.20 bits per heavy atom. The van der Waals surface area contributed by atoms with E-state index in [1.165, 1.54) is 11.1 Å². The van der Waals surface area contributed by atoms with E-state index in [9.17, 15) is 5.11 Å². The standard InChI is InChI=1S/C29H40O/c1-6-7-15-28-25(4)17-16-24(3)18-21-29(26(28)5,27-13-9-8-10-14-27)20-11-12-23(2)19-22-30/h6-10,13-17,23-24,30H,4-5,11-12,18-22H2,1-3H3/b7-6-,17-16-,28-15-/t23-,24?,29?/m0/s1. The van der Waals surface area contributed by atoms with E-state index < -0.39 is 0 Å². The lowest BCUT2D eigenvalue weighted by molar-refractivity contribution is 0.253. The molecule has 0 spiro atoms. The van der Waals surface area contributed by atoms with Gasteiger partial charge in [-0.3, -0.25) is 0 Å². The molecule has 30 heavy (non-hydrogen) atoms. The Bertz CT molecular complexity index is 780. The lowest BCUT2D eigenvalue weighted by atomic mass is 9.65. The van der Waals surface area contributed by atoms with Crippen molar-refractivity contribution >= 4 is 0 Å². The molecule has 1 aromatic rings. The molecule has 0 saturated heterocycles. The summed E-state index contributed by atoms with van der Waals surface area (Å²) in [5.41, 5.74) is 4.64. The highest BCUT2D eigenvalue weighted by molar-refractivity contribution is 5.57. The Balaban J connectivity index is 2.51. The summed E-state index contributed by atoms with van der Waals surface area (Å²) in [5.74, 6) is 1.05. The van der Waals surface area contributed by atoms with Crippen LogP contribution < -0.4 is 0 Å². The van der Waals surface area contributed by atoms with E-state index in [0.29, 0.717) is 11.8 Å². The molecule has 0 saturated carbocycles. The summed E-state index contributed by atoms with van der Waals surface area (Å²) in [7, 11) is 0. The number of benzene rings is 1. The van der Waals surface area contributed by atoms with Crippen LogP contribution in [0.2, 0.25) is 0 Å². The van der Waals surface area contributed by atoms with Crippen LogP contribution >= 0.6 is 0 Å². The van der Waals surface area contributed by atoms with Crippen molar-refractivity contribution in [1.29, 1.82) is 0 Å². The predicted octanol–water partition coefficient (Wildman–Crippen LogP) is 7.71. The van der Waals surface area contributed by atoms with E-state index in [2.05, 4.69) is 81.1 Å². The van der Waals surface area contributed by atoms with Crippen molar-refractivity contribution in [2.75, 3.05) is 6.61 Å². The Morgan fingerprint density at radius 3 is 2.60 bits per heavy atom. The molecule has 0 aromatic heterocycles. The highest BCUT2D eigenvalue weighted by Crippen LogP contribution is 2.47. The summed E-state index contributed by atoms with van der Waals surface area (Å²) in [4.78, 5) is 0. The normalized spacial score (nSPS) is 26.4. The molecule has 1 aliphatic carbocycles. The number of rotatable bonds is 8. The SMILES string of the molecule is C=C1/C=C\C(C)CCC(CCC[C@H](C)CCO)(c2ccccc2)C(=C)/C1=C\C=C/C. The van der Waals surface area contributed by atoms with Gasteiger partial charge in [-0.05, 0) is 66.7 Å². The number of hydrogen-bond acceptors (Lipinski definition) is 1. The zero-order chi connectivity index (χ0) is 22.0. The molecule has 1 N–H and O–H groups in total. The molecular weight excluding hydrogens is 364 g/mol. The fourth-order valence-electron chi connectivity index (χ4n) is 4.56. The van der Waals surface area contributed by atoms with Gasteiger partial charge in [-0.25, -0.2) is 0 Å². The average Bonchev–Trinajstić information content (AvgIpc) is 2.78. The Hall–Kier alpha value is -2.12. The third kappa shape index (κ3) is 6.19. The maximum atomic E-state index is 9.29.